The molecule has 0 fully saturated rings. The lowest BCUT2D eigenvalue weighted by Crippen LogP contribution is -2.44. The molecule has 1 amide bonds. The average molecular weight is 311 g/mol. The maximum Gasteiger partial charge on any atom is 0.328 e. The summed E-state index contributed by atoms with van der Waals surface area (Å²) in [4.78, 5) is 26.0. The van der Waals surface area contributed by atoms with Gasteiger partial charge >= 0.3 is 5.97 Å². The van der Waals surface area contributed by atoms with Crippen molar-refractivity contribution in [3.05, 3.63) is 21.4 Å². The molecule has 1 rings (SSSR count). The molecule has 0 radical (unpaired) electrons. The van der Waals surface area contributed by atoms with E-state index in [0.717, 1.165) is 19.3 Å². The molecule has 118 valence electrons. The van der Waals surface area contributed by atoms with Crippen LogP contribution >= 0.6 is 11.3 Å². The predicted octanol–water partition coefficient (Wildman–Crippen LogP) is 3.19. The van der Waals surface area contributed by atoms with Gasteiger partial charge in [-0.1, -0.05) is 34.1 Å². The third-order valence-corrected chi connectivity index (χ3v) is 4.62. The third-order valence-electron chi connectivity index (χ3n) is 3.39. The standard InChI is InChI=1S/C16H25NO3S/c1-6-8-12-11(7-2)9-13(21-12)15(18)17-14(10(3)4)16(19)20-5/h9-10,14H,6-8H2,1-5H3,(H,17,18). The summed E-state index contributed by atoms with van der Waals surface area (Å²) in [7, 11) is 1.34. The summed E-state index contributed by atoms with van der Waals surface area (Å²) in [5, 5.41) is 2.79. The second-order valence-electron chi connectivity index (χ2n) is 5.38. The lowest BCUT2D eigenvalue weighted by atomic mass is 10.0. The normalized spacial score (nSPS) is 12.3. The van der Waals surface area contributed by atoms with E-state index in [0.29, 0.717) is 4.88 Å². The Labute approximate surface area is 130 Å². The van der Waals surface area contributed by atoms with Crippen molar-refractivity contribution < 1.29 is 14.3 Å². The fourth-order valence-electron chi connectivity index (χ4n) is 2.15. The minimum absolute atomic E-state index is 0.0119. The molecule has 1 atom stereocenters. The van der Waals surface area contributed by atoms with Gasteiger partial charge in [0.1, 0.15) is 6.04 Å². The highest BCUT2D eigenvalue weighted by Gasteiger charge is 2.26. The van der Waals surface area contributed by atoms with Crippen LogP contribution in [0.3, 0.4) is 0 Å². The van der Waals surface area contributed by atoms with E-state index in [1.807, 2.05) is 19.9 Å². The van der Waals surface area contributed by atoms with Gasteiger partial charge in [-0.15, -0.1) is 11.3 Å². The van der Waals surface area contributed by atoms with Crippen molar-refractivity contribution in [1.29, 1.82) is 0 Å². The largest absolute Gasteiger partial charge is 0.467 e. The number of hydrogen-bond acceptors (Lipinski definition) is 4. The molecule has 0 aliphatic carbocycles. The van der Waals surface area contributed by atoms with Crippen LogP contribution in [0.15, 0.2) is 6.07 Å². The highest BCUT2D eigenvalue weighted by atomic mass is 32.1. The summed E-state index contributed by atoms with van der Waals surface area (Å²) in [6.07, 6.45) is 2.97. The molecule has 21 heavy (non-hydrogen) atoms. The molecule has 0 aliphatic rings. The van der Waals surface area contributed by atoms with Crippen LogP contribution in [0.2, 0.25) is 0 Å². The van der Waals surface area contributed by atoms with Crippen molar-refractivity contribution in [2.24, 2.45) is 5.92 Å². The first-order chi connectivity index (χ1) is 9.94. The first-order valence-corrected chi connectivity index (χ1v) is 8.26. The van der Waals surface area contributed by atoms with Crippen molar-refractivity contribution in [2.45, 2.75) is 53.0 Å². The zero-order chi connectivity index (χ0) is 16.0. The van der Waals surface area contributed by atoms with Crippen LogP contribution in [0.25, 0.3) is 0 Å². The number of esters is 1. The van der Waals surface area contributed by atoms with E-state index in [4.69, 9.17) is 4.74 Å². The molecule has 1 unspecified atom stereocenters. The highest BCUT2D eigenvalue weighted by molar-refractivity contribution is 7.14. The molecule has 0 spiro atoms. The van der Waals surface area contributed by atoms with Crippen LogP contribution < -0.4 is 5.32 Å². The van der Waals surface area contributed by atoms with Crippen molar-refractivity contribution in [3.63, 3.8) is 0 Å². The summed E-state index contributed by atoms with van der Waals surface area (Å²) in [5.41, 5.74) is 1.23. The molecule has 0 saturated carbocycles. The lowest BCUT2D eigenvalue weighted by Gasteiger charge is -2.19. The average Bonchev–Trinajstić information content (AvgIpc) is 2.87. The zero-order valence-electron chi connectivity index (χ0n) is 13.5. The Kier molecular flexibility index (Phi) is 6.89. The van der Waals surface area contributed by atoms with Crippen LogP contribution in [0.1, 0.15) is 54.2 Å². The molecule has 1 aromatic heterocycles. The van der Waals surface area contributed by atoms with Gasteiger partial charge in [-0.2, -0.15) is 0 Å². The number of rotatable bonds is 7. The molecule has 0 aliphatic heterocycles. The second kappa shape index (κ2) is 8.17. The minimum atomic E-state index is -0.607. The molecule has 1 aromatic rings. The van der Waals surface area contributed by atoms with Gasteiger partial charge in [-0.25, -0.2) is 4.79 Å². The number of amides is 1. The topological polar surface area (TPSA) is 55.4 Å². The van der Waals surface area contributed by atoms with E-state index in [1.165, 1.54) is 28.9 Å². The number of carbonyl (C=O) groups excluding carboxylic acids is 2. The van der Waals surface area contributed by atoms with Gasteiger partial charge in [0.25, 0.3) is 5.91 Å². The van der Waals surface area contributed by atoms with Gasteiger partial charge in [0, 0.05) is 4.88 Å². The van der Waals surface area contributed by atoms with Gasteiger partial charge in [0.05, 0.1) is 12.0 Å². The van der Waals surface area contributed by atoms with Crippen molar-refractivity contribution >= 4 is 23.2 Å². The Morgan fingerprint density at radius 2 is 2.00 bits per heavy atom. The third kappa shape index (κ3) is 4.56. The van der Waals surface area contributed by atoms with E-state index in [9.17, 15) is 9.59 Å². The van der Waals surface area contributed by atoms with Crippen LogP contribution in [0, 0.1) is 5.92 Å². The molecule has 5 heteroatoms. The van der Waals surface area contributed by atoms with Crippen molar-refractivity contribution in [1.82, 2.24) is 5.32 Å². The maximum absolute atomic E-state index is 12.4. The number of carbonyl (C=O) groups is 2. The minimum Gasteiger partial charge on any atom is -0.467 e. The number of hydrogen-bond donors (Lipinski definition) is 1. The molecule has 0 saturated heterocycles. The molecule has 0 bridgehead atoms. The first-order valence-electron chi connectivity index (χ1n) is 7.44. The summed E-state index contributed by atoms with van der Waals surface area (Å²) >= 11 is 1.53. The number of thiophene rings is 1. The van der Waals surface area contributed by atoms with Gasteiger partial charge in [-0.3, -0.25) is 4.79 Å². The smallest absolute Gasteiger partial charge is 0.328 e. The fraction of sp³-hybridized carbons (Fsp3) is 0.625. The van der Waals surface area contributed by atoms with Crippen LogP contribution in [-0.2, 0) is 22.4 Å². The maximum atomic E-state index is 12.4. The van der Waals surface area contributed by atoms with Crippen molar-refractivity contribution in [2.75, 3.05) is 7.11 Å². The summed E-state index contributed by atoms with van der Waals surface area (Å²) in [6, 6.07) is 1.34. The predicted molar refractivity (Wildman–Crippen MR) is 85.8 cm³/mol. The fourth-order valence-corrected chi connectivity index (χ4v) is 3.41. The van der Waals surface area contributed by atoms with E-state index in [-0.39, 0.29) is 11.8 Å². The Bertz CT molecular complexity index is 494. The Morgan fingerprint density at radius 1 is 1.33 bits per heavy atom. The van der Waals surface area contributed by atoms with Gasteiger partial charge in [-0.05, 0) is 30.4 Å². The van der Waals surface area contributed by atoms with Gasteiger partial charge < -0.3 is 10.1 Å². The van der Waals surface area contributed by atoms with Crippen LogP contribution in [0.4, 0.5) is 0 Å². The Morgan fingerprint density at radius 3 is 2.48 bits per heavy atom. The quantitative estimate of drug-likeness (QED) is 0.787. The number of aryl methyl sites for hydroxylation is 2. The van der Waals surface area contributed by atoms with E-state index >= 15 is 0 Å². The zero-order valence-corrected chi connectivity index (χ0v) is 14.3. The monoisotopic (exact) mass is 311 g/mol. The van der Waals surface area contributed by atoms with Gasteiger partial charge in [0.15, 0.2) is 0 Å². The van der Waals surface area contributed by atoms with E-state index < -0.39 is 12.0 Å². The molecule has 1 N–H and O–H groups in total. The second-order valence-corrected chi connectivity index (χ2v) is 6.52. The van der Waals surface area contributed by atoms with Crippen LogP contribution in [0.5, 0.6) is 0 Å². The Balaban J connectivity index is 2.90. The Hall–Kier alpha value is -1.36. The molecule has 1 heterocycles. The van der Waals surface area contributed by atoms with E-state index in [1.54, 1.807) is 0 Å². The molecular weight excluding hydrogens is 286 g/mol. The van der Waals surface area contributed by atoms with Crippen LogP contribution in [-0.4, -0.2) is 25.0 Å². The summed E-state index contributed by atoms with van der Waals surface area (Å²) < 4.78 is 4.75. The van der Waals surface area contributed by atoms with E-state index in [2.05, 4.69) is 19.2 Å². The number of nitrogens with one attached hydrogen (secondary N) is 1. The molecular formula is C16H25NO3S. The lowest BCUT2D eigenvalue weighted by molar-refractivity contribution is -0.144. The van der Waals surface area contributed by atoms with Gasteiger partial charge in [0.2, 0.25) is 0 Å². The molecule has 4 nitrogen and oxygen atoms in total. The summed E-state index contributed by atoms with van der Waals surface area (Å²) in [6.45, 7) is 7.99. The number of ether oxygens (including phenoxy) is 1. The molecule has 0 aromatic carbocycles. The first kappa shape index (κ1) is 17.7. The SMILES string of the molecule is CCCc1sc(C(=O)NC(C(=O)OC)C(C)C)cc1CC. The highest BCUT2D eigenvalue weighted by Crippen LogP contribution is 2.25. The number of methoxy groups -OCH3 is 1. The van der Waals surface area contributed by atoms with Crippen molar-refractivity contribution in [3.8, 4) is 0 Å². The summed E-state index contributed by atoms with van der Waals surface area (Å²) in [5.74, 6) is -0.609.